The van der Waals surface area contributed by atoms with Gasteiger partial charge in [-0.25, -0.2) is 0 Å². The fourth-order valence-electron chi connectivity index (χ4n) is 6.00. The molecule has 13 nitrogen and oxygen atoms in total. The Labute approximate surface area is 326 Å². The lowest BCUT2D eigenvalue weighted by Crippen LogP contribution is -2.70. The van der Waals surface area contributed by atoms with Gasteiger partial charge in [-0.2, -0.15) is 0 Å². The van der Waals surface area contributed by atoms with Crippen LogP contribution in [-0.2, 0) is 59.8 Å². The van der Waals surface area contributed by atoms with Gasteiger partial charge in [-0.1, -0.05) is 0 Å². The van der Waals surface area contributed by atoms with Crippen molar-refractivity contribution < 1.29 is 59.8 Å². The highest BCUT2D eigenvalue weighted by Crippen LogP contribution is 2.39. The van der Waals surface area contributed by atoms with Crippen molar-refractivity contribution in [2.24, 2.45) is 0 Å². The van der Waals surface area contributed by atoms with Crippen molar-refractivity contribution >= 4 is 61.8 Å². The highest BCUT2D eigenvalue weighted by molar-refractivity contribution is 6.71. The molecule has 53 heavy (non-hydrogen) atoms. The van der Waals surface area contributed by atoms with Crippen molar-refractivity contribution in [3.05, 3.63) is 0 Å². The summed E-state index contributed by atoms with van der Waals surface area (Å²) in [5.74, 6) is -0.894. The molecule has 10 atom stereocenters. The number of carbonyl (C=O) groups excluding carboxylic acids is 2. The van der Waals surface area contributed by atoms with Gasteiger partial charge < -0.3 is 50.2 Å². The van der Waals surface area contributed by atoms with Crippen LogP contribution >= 0.6 is 0 Å². The van der Waals surface area contributed by atoms with E-state index < -0.39 is 123 Å². The largest absolute Gasteiger partial charge is 0.463 e. The summed E-state index contributed by atoms with van der Waals surface area (Å²) >= 11 is 0. The van der Waals surface area contributed by atoms with Gasteiger partial charge in [-0.15, -0.1) is 0 Å². The van der Waals surface area contributed by atoms with Gasteiger partial charge in [0.25, 0.3) is 0 Å². The zero-order valence-corrected chi connectivity index (χ0v) is 42.5. The highest BCUT2D eigenvalue weighted by atomic mass is 28.4. The second-order valence-electron chi connectivity index (χ2n) is 20.0. The minimum absolute atomic E-state index is 0.0735. The molecule has 0 spiro atoms. The zero-order valence-electron chi connectivity index (χ0n) is 36.5. The molecule has 2 rings (SSSR count). The monoisotopic (exact) mass is 858 g/mol. The first-order valence-corrected chi connectivity index (χ1v) is 39.4. The Morgan fingerprint density at radius 3 is 1.04 bits per heavy atom. The third-order valence-electron chi connectivity index (χ3n) is 7.29. The number of hydrogen-bond donors (Lipinski definition) is 0. The Morgan fingerprint density at radius 2 is 0.679 bits per heavy atom. The molecular formula is C34H74O13Si6. The van der Waals surface area contributed by atoms with Gasteiger partial charge in [0, 0.05) is 13.8 Å². The number of rotatable bonds is 18. The van der Waals surface area contributed by atoms with E-state index in [2.05, 4.69) is 118 Å². The zero-order chi connectivity index (χ0) is 41.1. The first-order chi connectivity index (χ1) is 23.6. The van der Waals surface area contributed by atoms with E-state index in [1.807, 2.05) is 0 Å². The average molecular weight is 859 g/mol. The Morgan fingerprint density at radius 1 is 0.396 bits per heavy atom. The van der Waals surface area contributed by atoms with Crippen molar-refractivity contribution in [1.82, 2.24) is 0 Å². The normalized spacial score (nSPS) is 30.9. The molecule has 0 aromatic rings. The molecule has 0 aromatic carbocycles. The third-order valence-corrected chi connectivity index (χ3v) is 13.1. The van der Waals surface area contributed by atoms with E-state index in [1.165, 1.54) is 13.8 Å². The standard InChI is InChI=1S/C34H74O13Si6/c1-23(35)37-21-25-27(29(43-49(6,7)8)32(46-52(15,16)17)34(40-25)47-53(18,19)20)41-33-31(45-51(12,13)14)30(44-50(9,10)11)28(42-48(3,4)5)26(39-33)22-38-24(2)36/h25-34H,21-22H2,1-20H3/t25-,26-,27-,28-,29+,30+,31-,32-,33+,34?/m1/s1. The van der Waals surface area contributed by atoms with E-state index in [4.69, 9.17) is 50.2 Å². The summed E-state index contributed by atoms with van der Waals surface area (Å²) in [5.41, 5.74) is 0. The molecule has 0 aromatic heterocycles. The Bertz CT molecular complexity index is 1190. The van der Waals surface area contributed by atoms with Crippen LogP contribution in [0.2, 0.25) is 118 Å². The van der Waals surface area contributed by atoms with Gasteiger partial charge in [0.15, 0.2) is 62.5 Å². The lowest BCUT2D eigenvalue weighted by molar-refractivity contribution is -0.345. The van der Waals surface area contributed by atoms with E-state index in [0.717, 1.165) is 0 Å². The van der Waals surface area contributed by atoms with Gasteiger partial charge in [0.1, 0.15) is 62.0 Å². The maximum absolute atomic E-state index is 12.3. The highest BCUT2D eigenvalue weighted by Gasteiger charge is 2.57. The molecule has 2 saturated heterocycles. The minimum atomic E-state index is -2.32. The van der Waals surface area contributed by atoms with Gasteiger partial charge in [0.2, 0.25) is 0 Å². The van der Waals surface area contributed by atoms with E-state index in [0.29, 0.717) is 0 Å². The quantitative estimate of drug-likeness (QED) is 0.105. The van der Waals surface area contributed by atoms with Crippen molar-refractivity contribution in [3.63, 3.8) is 0 Å². The number of esters is 2. The Balaban J connectivity index is 2.89. The van der Waals surface area contributed by atoms with Gasteiger partial charge in [-0.05, 0) is 118 Å². The van der Waals surface area contributed by atoms with Crippen LogP contribution in [0.1, 0.15) is 13.8 Å². The maximum atomic E-state index is 12.3. The molecule has 19 heteroatoms. The SMILES string of the molecule is CC(=O)OC[C@H]1O[C@@H](O[C@H]2[C@H](O[Si](C)(C)C)[C@@H](O[Si](C)(C)C)C(O[Si](C)(C)C)O[C@@H]2COC(C)=O)[C@H](O[Si](C)(C)C)[C@@H](O[Si](C)(C)C)[C@@H]1O[Si](C)(C)C. The molecule has 2 heterocycles. The minimum Gasteiger partial charge on any atom is -0.463 e. The van der Waals surface area contributed by atoms with Crippen LogP contribution in [0.5, 0.6) is 0 Å². The van der Waals surface area contributed by atoms with Gasteiger partial charge >= 0.3 is 11.9 Å². The summed E-state index contributed by atoms with van der Waals surface area (Å²) in [5, 5.41) is 0. The first kappa shape index (κ1) is 49.0. The van der Waals surface area contributed by atoms with Crippen LogP contribution in [-0.4, -0.2) is 136 Å². The number of carbonyl (C=O) groups is 2. The predicted octanol–water partition coefficient (Wildman–Crippen LogP) is 6.90. The van der Waals surface area contributed by atoms with E-state index >= 15 is 0 Å². The molecule has 1 unspecified atom stereocenters. The molecule has 0 radical (unpaired) electrons. The van der Waals surface area contributed by atoms with Crippen LogP contribution in [0.3, 0.4) is 0 Å². The lowest BCUT2D eigenvalue weighted by Gasteiger charge is -2.54. The number of ether oxygens (including phenoxy) is 5. The van der Waals surface area contributed by atoms with Gasteiger partial charge in [-0.3, -0.25) is 9.59 Å². The molecular weight excluding hydrogens is 785 g/mol. The van der Waals surface area contributed by atoms with Crippen molar-refractivity contribution in [3.8, 4) is 0 Å². The molecule has 2 fully saturated rings. The Hall–Kier alpha value is -0.119. The van der Waals surface area contributed by atoms with Crippen LogP contribution in [0.4, 0.5) is 0 Å². The summed E-state index contributed by atoms with van der Waals surface area (Å²) in [7, 11) is -13.6. The van der Waals surface area contributed by atoms with Crippen molar-refractivity contribution in [1.29, 1.82) is 0 Å². The summed E-state index contributed by atoms with van der Waals surface area (Å²) in [4.78, 5) is 24.5. The molecule has 312 valence electrons. The molecule has 0 saturated carbocycles. The molecule has 0 amide bonds. The molecule has 2 aliphatic heterocycles. The summed E-state index contributed by atoms with van der Waals surface area (Å²) < 4.78 is 73.4. The first-order valence-electron chi connectivity index (χ1n) is 18.9. The average Bonchev–Trinajstić information content (AvgIpc) is 2.88. The van der Waals surface area contributed by atoms with Crippen molar-refractivity contribution in [2.45, 2.75) is 193 Å². The summed E-state index contributed by atoms with van der Waals surface area (Å²) in [6, 6.07) is 0. The fraction of sp³-hybridized carbons (Fsp3) is 0.941. The molecule has 2 aliphatic rings. The molecule has 0 N–H and O–H groups in total. The van der Waals surface area contributed by atoms with Crippen LogP contribution in [0, 0.1) is 0 Å². The Kier molecular flexibility index (Phi) is 17.2. The number of hydrogen-bond acceptors (Lipinski definition) is 13. The second-order valence-corrected chi connectivity index (χ2v) is 46.8. The fourth-order valence-corrected chi connectivity index (χ4v) is 12.3. The summed E-state index contributed by atoms with van der Waals surface area (Å²) in [6.07, 6.45) is -7.60. The lowest BCUT2D eigenvalue weighted by atomic mass is 9.97. The summed E-state index contributed by atoms with van der Waals surface area (Å²) in [6.45, 7) is 40.5. The predicted molar refractivity (Wildman–Crippen MR) is 221 cm³/mol. The van der Waals surface area contributed by atoms with Gasteiger partial charge in [0.05, 0.1) is 0 Å². The topological polar surface area (TPSA) is 136 Å². The van der Waals surface area contributed by atoms with Crippen LogP contribution in [0.15, 0.2) is 0 Å². The second kappa shape index (κ2) is 18.6. The molecule has 0 bridgehead atoms. The maximum Gasteiger partial charge on any atom is 0.302 e. The van der Waals surface area contributed by atoms with Crippen LogP contribution < -0.4 is 0 Å². The van der Waals surface area contributed by atoms with E-state index in [-0.39, 0.29) is 13.2 Å². The van der Waals surface area contributed by atoms with E-state index in [9.17, 15) is 9.59 Å². The van der Waals surface area contributed by atoms with Crippen LogP contribution in [0.25, 0.3) is 0 Å². The van der Waals surface area contributed by atoms with Crippen molar-refractivity contribution in [2.75, 3.05) is 13.2 Å². The molecule has 0 aliphatic carbocycles. The third kappa shape index (κ3) is 18.3. The smallest absolute Gasteiger partial charge is 0.302 e. The van der Waals surface area contributed by atoms with E-state index in [1.54, 1.807) is 0 Å².